The van der Waals surface area contributed by atoms with Crippen molar-refractivity contribution in [2.24, 2.45) is 11.7 Å². The van der Waals surface area contributed by atoms with E-state index in [1.165, 1.54) is 0 Å². The minimum Gasteiger partial charge on any atom is -0.462 e. The van der Waals surface area contributed by atoms with Crippen molar-refractivity contribution < 1.29 is 14.3 Å². The lowest BCUT2D eigenvalue weighted by Gasteiger charge is -2.35. The molecule has 0 bridgehead atoms. The maximum Gasteiger partial charge on any atom is 0.326 e. The highest BCUT2D eigenvalue weighted by atomic mass is 16.6. The molecular weight excluding hydrogens is 230 g/mol. The van der Waals surface area contributed by atoms with Crippen molar-refractivity contribution in [1.29, 1.82) is 0 Å². The second kappa shape index (κ2) is 6.02. The summed E-state index contributed by atoms with van der Waals surface area (Å²) in [5.41, 5.74) is 5.44. The maximum atomic E-state index is 12.1. The zero-order valence-electron chi connectivity index (χ0n) is 11.3. The van der Waals surface area contributed by atoms with Crippen molar-refractivity contribution in [3.63, 3.8) is 0 Å². The minimum atomic E-state index is -0.758. The van der Waals surface area contributed by atoms with Crippen molar-refractivity contribution in [3.05, 3.63) is 0 Å². The molecule has 2 aliphatic rings. The third-order valence-corrected chi connectivity index (χ3v) is 4.11. The molecule has 3 unspecified atom stereocenters. The summed E-state index contributed by atoms with van der Waals surface area (Å²) in [5, 5.41) is 0. The Morgan fingerprint density at radius 2 is 2.22 bits per heavy atom. The van der Waals surface area contributed by atoms with Gasteiger partial charge in [-0.15, -0.1) is 0 Å². The molecule has 1 heterocycles. The Hall–Kier alpha value is -0.610. The third kappa shape index (κ3) is 3.45. The summed E-state index contributed by atoms with van der Waals surface area (Å²) in [6.07, 6.45) is 7.02. The highest BCUT2D eigenvalue weighted by Gasteiger charge is 2.39. The molecule has 0 aromatic carbocycles. The first-order valence-electron chi connectivity index (χ1n) is 7.18. The van der Waals surface area contributed by atoms with Crippen molar-refractivity contribution in [2.75, 3.05) is 13.2 Å². The highest BCUT2D eigenvalue weighted by molar-refractivity contribution is 5.80. The number of carbonyl (C=O) groups excluding carboxylic acids is 1. The van der Waals surface area contributed by atoms with Gasteiger partial charge in [0.05, 0.1) is 6.10 Å². The molecule has 3 atom stereocenters. The lowest BCUT2D eigenvalue weighted by atomic mass is 9.77. The molecule has 0 aromatic rings. The summed E-state index contributed by atoms with van der Waals surface area (Å²) in [4.78, 5) is 12.1. The normalized spacial score (nSPS) is 37.2. The van der Waals surface area contributed by atoms with Gasteiger partial charge < -0.3 is 15.2 Å². The zero-order chi connectivity index (χ0) is 13.0. The Kier molecular flexibility index (Phi) is 4.62. The van der Waals surface area contributed by atoms with E-state index >= 15 is 0 Å². The molecule has 2 fully saturated rings. The molecule has 18 heavy (non-hydrogen) atoms. The van der Waals surface area contributed by atoms with E-state index in [0.29, 0.717) is 12.5 Å². The van der Waals surface area contributed by atoms with Crippen LogP contribution >= 0.6 is 0 Å². The highest BCUT2D eigenvalue weighted by Crippen LogP contribution is 2.31. The number of hydrogen-bond donors (Lipinski definition) is 1. The van der Waals surface area contributed by atoms with Crippen LogP contribution in [0.4, 0.5) is 0 Å². The monoisotopic (exact) mass is 255 g/mol. The fourth-order valence-electron chi connectivity index (χ4n) is 3.03. The topological polar surface area (TPSA) is 61.6 Å². The van der Waals surface area contributed by atoms with E-state index in [9.17, 15) is 4.79 Å². The van der Waals surface area contributed by atoms with Crippen molar-refractivity contribution in [2.45, 2.75) is 63.5 Å². The average molecular weight is 255 g/mol. The molecule has 1 saturated carbocycles. The van der Waals surface area contributed by atoms with Gasteiger partial charge in [-0.25, -0.2) is 0 Å². The number of rotatable bonds is 3. The Labute approximate surface area is 109 Å². The van der Waals surface area contributed by atoms with Gasteiger partial charge in [0.25, 0.3) is 0 Å². The molecule has 0 spiro atoms. The van der Waals surface area contributed by atoms with E-state index in [1.807, 2.05) is 0 Å². The van der Waals surface area contributed by atoms with E-state index in [2.05, 4.69) is 6.92 Å². The van der Waals surface area contributed by atoms with Gasteiger partial charge in [-0.3, -0.25) is 4.79 Å². The van der Waals surface area contributed by atoms with Crippen LogP contribution in [0.1, 0.15) is 51.9 Å². The standard InChI is InChI=1S/C14H25NO3/c1-11-5-4-7-14(15,9-11)13(16)18-10-12-6-2-3-8-17-12/h11-12H,2-10,15H2,1H3. The molecule has 0 radical (unpaired) electrons. The van der Waals surface area contributed by atoms with Gasteiger partial charge in [0.1, 0.15) is 12.1 Å². The molecule has 0 aromatic heterocycles. The van der Waals surface area contributed by atoms with Gasteiger partial charge in [0, 0.05) is 6.61 Å². The second-order valence-electron chi connectivity index (χ2n) is 5.94. The second-order valence-corrected chi connectivity index (χ2v) is 5.94. The molecule has 1 aliphatic heterocycles. The van der Waals surface area contributed by atoms with Crippen LogP contribution in [0.15, 0.2) is 0 Å². The summed E-state index contributed by atoms with van der Waals surface area (Å²) in [6.45, 7) is 3.30. The number of esters is 1. The molecule has 2 rings (SSSR count). The minimum absolute atomic E-state index is 0.0762. The molecular formula is C14H25NO3. The van der Waals surface area contributed by atoms with Gasteiger partial charge in [-0.2, -0.15) is 0 Å². The van der Waals surface area contributed by atoms with Gasteiger partial charge in [-0.1, -0.05) is 19.8 Å². The lowest BCUT2D eigenvalue weighted by Crippen LogP contribution is -2.52. The Morgan fingerprint density at radius 3 is 2.89 bits per heavy atom. The van der Waals surface area contributed by atoms with Gasteiger partial charge in [0.15, 0.2) is 0 Å². The number of nitrogens with two attached hydrogens (primary N) is 1. The predicted octanol–water partition coefficient (Wildman–Crippen LogP) is 2.01. The van der Waals surface area contributed by atoms with Crippen molar-refractivity contribution >= 4 is 5.97 Å². The maximum absolute atomic E-state index is 12.1. The fourth-order valence-corrected chi connectivity index (χ4v) is 3.03. The van der Waals surface area contributed by atoms with Crippen LogP contribution in [0.5, 0.6) is 0 Å². The fraction of sp³-hybridized carbons (Fsp3) is 0.929. The SMILES string of the molecule is CC1CCCC(N)(C(=O)OCC2CCCCO2)C1. The van der Waals surface area contributed by atoms with E-state index < -0.39 is 5.54 Å². The smallest absolute Gasteiger partial charge is 0.326 e. The van der Waals surface area contributed by atoms with Crippen LogP contribution in [0, 0.1) is 5.92 Å². The van der Waals surface area contributed by atoms with Gasteiger partial charge >= 0.3 is 5.97 Å². The summed E-state index contributed by atoms with van der Waals surface area (Å²) in [5.74, 6) is 0.283. The van der Waals surface area contributed by atoms with Crippen LogP contribution in [-0.2, 0) is 14.3 Å². The first kappa shape index (κ1) is 13.8. The van der Waals surface area contributed by atoms with Gasteiger partial charge in [-0.05, 0) is 38.0 Å². The summed E-state index contributed by atoms with van der Waals surface area (Å²) < 4.78 is 10.9. The van der Waals surface area contributed by atoms with Crippen molar-refractivity contribution in [1.82, 2.24) is 0 Å². The molecule has 0 amide bonds. The Morgan fingerprint density at radius 1 is 1.39 bits per heavy atom. The van der Waals surface area contributed by atoms with E-state index in [-0.39, 0.29) is 12.1 Å². The number of hydrogen-bond acceptors (Lipinski definition) is 4. The number of ether oxygens (including phenoxy) is 2. The molecule has 1 saturated heterocycles. The van der Waals surface area contributed by atoms with E-state index in [4.69, 9.17) is 15.2 Å². The first-order valence-corrected chi connectivity index (χ1v) is 7.18. The molecule has 1 aliphatic carbocycles. The average Bonchev–Trinajstić information content (AvgIpc) is 2.37. The largest absolute Gasteiger partial charge is 0.462 e. The van der Waals surface area contributed by atoms with Crippen LogP contribution in [0.2, 0.25) is 0 Å². The summed E-state index contributed by atoms with van der Waals surface area (Å²) in [7, 11) is 0. The number of carbonyl (C=O) groups is 1. The van der Waals surface area contributed by atoms with Gasteiger partial charge in [0.2, 0.25) is 0 Å². The zero-order valence-corrected chi connectivity index (χ0v) is 11.3. The molecule has 2 N–H and O–H groups in total. The molecule has 104 valence electrons. The van der Waals surface area contributed by atoms with E-state index in [0.717, 1.165) is 51.6 Å². The predicted molar refractivity (Wildman–Crippen MR) is 69.1 cm³/mol. The van der Waals surface area contributed by atoms with Crippen LogP contribution in [0.3, 0.4) is 0 Å². The summed E-state index contributed by atoms with van der Waals surface area (Å²) >= 11 is 0. The Bertz CT molecular complexity index is 289. The molecule has 4 heteroatoms. The van der Waals surface area contributed by atoms with Crippen LogP contribution in [-0.4, -0.2) is 30.8 Å². The molecule has 4 nitrogen and oxygen atoms in total. The van der Waals surface area contributed by atoms with Crippen molar-refractivity contribution in [3.8, 4) is 0 Å². The quantitative estimate of drug-likeness (QED) is 0.784. The van der Waals surface area contributed by atoms with Crippen LogP contribution in [0.25, 0.3) is 0 Å². The third-order valence-electron chi connectivity index (χ3n) is 4.11. The van der Waals surface area contributed by atoms with Crippen LogP contribution < -0.4 is 5.73 Å². The Balaban J connectivity index is 1.79. The lowest BCUT2D eigenvalue weighted by molar-refractivity contribution is -0.157. The van der Waals surface area contributed by atoms with E-state index in [1.54, 1.807) is 0 Å². The summed E-state index contributed by atoms with van der Waals surface area (Å²) in [6, 6.07) is 0. The first-order chi connectivity index (χ1) is 8.60.